The highest BCUT2D eigenvalue weighted by Gasteiger charge is 2.44. The van der Waals surface area contributed by atoms with E-state index >= 15 is 0 Å². The third-order valence-corrected chi connectivity index (χ3v) is 30.7. The topological polar surface area (TPSA) is 1210 Å². The number of nitrogens with two attached hydrogens (primary N) is 2. The maximum Gasteiger partial charge on any atom is 0.330 e. The van der Waals surface area contributed by atoms with Crippen LogP contribution in [0.2, 0.25) is 0 Å². The van der Waals surface area contributed by atoms with Gasteiger partial charge in [-0.15, -0.1) is 0 Å². The Hall–Kier alpha value is -7.58. The Bertz CT molecular complexity index is 6230. The lowest BCUT2D eigenvalue weighted by atomic mass is 10.2. The lowest BCUT2D eigenvalue weighted by Crippen LogP contribution is -2.33. The van der Waals surface area contributed by atoms with Gasteiger partial charge >= 0.3 is 11.4 Å². The van der Waals surface area contributed by atoms with Gasteiger partial charge in [0.2, 0.25) is 5.95 Å². The first-order valence-corrected chi connectivity index (χ1v) is 52.2. The molecule has 11 N–H and O–H groups in total. The molecule has 0 aromatic carbocycles. The van der Waals surface area contributed by atoms with E-state index in [2.05, 4.69) is 123 Å². The van der Waals surface area contributed by atoms with Gasteiger partial charge in [-0.05, 0) is 36.0 Å². The van der Waals surface area contributed by atoms with Crippen molar-refractivity contribution in [3.8, 4) is 0 Å². The summed E-state index contributed by atoms with van der Waals surface area (Å²) in [5, 5.41) is 12.6. The molecule has 0 spiro atoms. The van der Waals surface area contributed by atoms with Crippen LogP contribution in [-0.4, -0.2) is 180 Å². The van der Waals surface area contributed by atoms with E-state index in [-0.39, 0.29) is 70.9 Å². The molecule has 4 saturated heterocycles. The molecule has 10 rings (SSSR count). The molecule has 79 nitrogen and oxygen atoms in total. The minimum Gasteiger partial charge on any atom is -0.756 e. The summed E-state index contributed by atoms with van der Waals surface area (Å²) >= 11 is 0. The van der Waals surface area contributed by atoms with Crippen molar-refractivity contribution in [2.75, 3.05) is 64.8 Å². The van der Waals surface area contributed by atoms with Crippen LogP contribution in [0.15, 0.2) is 75.8 Å². The second-order valence-corrected chi connectivity index (χ2v) is 42.5. The number of nitrogens with zero attached hydrogens (tertiary/aromatic N) is 21. The molecule has 16 unspecified atom stereocenters. The number of nitrogen functional groups attached to an aromatic ring is 2. The number of aromatic nitrogens is 12. The number of anilines is 2. The first-order valence-electron chi connectivity index (χ1n) is 34.6. The van der Waals surface area contributed by atoms with Gasteiger partial charge in [0, 0.05) is 68.9 Å². The SMILES string of the molecule is Cc1cn([C@H]2CC(OCN=[N+]=[N-])[C@@H](COP(=O)([O-])OP(=O)([O-])OP(=O)([O-])O)O2)c(=O)[nH]c1=O.Cc1cn([C@H]2CC(OCN=[N+]=[N-])[C@@H](COP(=O)([O-])OP(=O)([O-])OP(=O)([O-])O)O2)c(=O)[nH]c1=O.[N-]=[N+]=NCOC1C[C@H](n2cnc3c(=O)[nH]c(N)nc32)O[C@@H]1COP(=O)([O-])OP(=O)([O-])OP(=O)([O-])O.[N-]=[N+]=NCOC1C[C@H](n2cnc3c(N)ncnc32)O[C@@H]1COP(=O)([O-])OP(=O)([O-])OP(=O)([O-])O. The zero-order chi connectivity index (χ0) is 101. The molecule has 4 fully saturated rings. The van der Waals surface area contributed by atoms with Gasteiger partial charge in [0.25, 0.3) is 111 Å². The van der Waals surface area contributed by atoms with Crippen molar-refractivity contribution in [1.29, 1.82) is 0 Å². The molecular formula is C44H58N26O53P12-12. The Kier molecular flexibility index (Phi) is 40.3. The van der Waals surface area contributed by atoms with Gasteiger partial charge in [0.1, 0.15) is 88.1 Å². The Morgan fingerprint density at radius 1 is 0.400 bits per heavy atom. The van der Waals surface area contributed by atoms with E-state index in [4.69, 9.17) is 91.1 Å². The van der Waals surface area contributed by atoms with Crippen molar-refractivity contribution >= 4 is 128 Å². The second-order valence-electron chi connectivity index (χ2n) is 25.3. The molecule has 0 saturated carbocycles. The number of H-pyrrole nitrogens is 3. The van der Waals surface area contributed by atoms with Crippen molar-refractivity contribution in [2.24, 2.45) is 20.5 Å². The first-order chi connectivity index (χ1) is 62.2. The Morgan fingerprint density at radius 3 is 0.956 bits per heavy atom. The number of aromatic amines is 3. The fourth-order valence-electron chi connectivity index (χ4n) is 11.0. The number of hydrogen-bond acceptors (Lipinski definition) is 60. The zero-order valence-corrected chi connectivity index (χ0v) is 76.7. The van der Waals surface area contributed by atoms with Crippen LogP contribution in [0.25, 0.3) is 64.1 Å². The highest BCUT2D eigenvalue weighted by Crippen LogP contribution is 2.65. The summed E-state index contributed by atoms with van der Waals surface area (Å²) in [6, 6.07) is 0. The van der Waals surface area contributed by atoms with E-state index in [1.54, 1.807) is 0 Å². The molecule has 6 aromatic heterocycles. The molecule has 754 valence electrons. The zero-order valence-electron chi connectivity index (χ0n) is 66.0. The fraction of sp³-hybridized carbons (Fsp3) is 0.591. The average Bonchev–Trinajstić information content (AvgIpc) is 1.63. The average molecular weight is 2170 g/mol. The second kappa shape index (κ2) is 47.6. The predicted octanol–water partition coefficient (Wildman–Crippen LogP) is -6.65. The molecule has 0 amide bonds. The number of phosphoric ester groups is 4. The monoisotopic (exact) mass is 2170 g/mol. The van der Waals surface area contributed by atoms with E-state index in [0.717, 1.165) is 9.13 Å². The highest BCUT2D eigenvalue weighted by molar-refractivity contribution is 7.67. The van der Waals surface area contributed by atoms with Crippen molar-refractivity contribution in [2.45, 2.75) is 113 Å². The molecule has 91 heteroatoms. The van der Waals surface area contributed by atoms with E-state index in [0.29, 0.717) is 0 Å². The standard InChI is InChI=1S/C11H17N8O13P3.C11H17N8O12P3.2C11H18N5O14P3/c12-11-16-9-8(10(20)17-11)14-3-19(9)7-1-5(28-4-15-18-13)6(30-7)2-29-34(24,25)32-35(26,27)31-33(21,22)23;12-10-9-11(15-3-14-10)19(4-16-9)8-1-6(27-5-17-18-13)7(29-8)2-28-33(23,24)31-34(25,26)30-32(20,21)22;2*1-6-3-16(11(18)14-10(6)17)9-2-7(26-5-13-15-12)8(28-9)4-27-32(22,23)30-33(24,25)29-31(19,20)21/h3,5-7H,1-2,4H2,(H,24,25)(H,26,27)(H2,21,22,23)(H3,12,16,17,20);3-4,6-8H,1-2,5H2,(H,23,24)(H,25,26)(H2,12,14,15)(H2,20,21,22);2*3,7-9H,2,4-5H2,1H3,(H,22,23)(H,24,25)(H,14,17,18)(H2,19,20,21)/p-12/t5?,6-,7-;6?,7-,8-;2*7?,8-,9-/m1111/s1. The molecule has 6 aromatic rings. The van der Waals surface area contributed by atoms with Crippen molar-refractivity contribution in [1.82, 2.24) is 58.1 Å². The first kappa shape index (κ1) is 114. The van der Waals surface area contributed by atoms with Crippen LogP contribution in [0.1, 0.15) is 61.7 Å². The number of aryl methyl sites for hydroxylation is 2. The van der Waals surface area contributed by atoms with Gasteiger partial charge in [-0.2, -0.15) is 4.98 Å². The van der Waals surface area contributed by atoms with Gasteiger partial charge in [0.05, 0.1) is 63.5 Å². The number of azide groups is 4. The summed E-state index contributed by atoms with van der Waals surface area (Å²) < 4.78 is 227. The molecule has 4 aliphatic rings. The summed E-state index contributed by atoms with van der Waals surface area (Å²) in [4.78, 5) is 263. The van der Waals surface area contributed by atoms with Gasteiger partial charge in [0.15, 0.2) is 22.6 Å². The van der Waals surface area contributed by atoms with Crippen LogP contribution in [0.4, 0.5) is 11.8 Å². The van der Waals surface area contributed by atoms with Gasteiger partial charge in [-0.25, -0.2) is 64.0 Å². The molecular weight excluding hydrogens is 2110 g/mol. The van der Waals surface area contributed by atoms with Crippen LogP contribution < -0.4 is 98.2 Å². The number of imidazole rings is 2. The molecule has 4 aliphatic heterocycles. The quantitative estimate of drug-likeness (QED) is 0.00743. The normalized spacial score (nSPS) is 25.8. The summed E-state index contributed by atoms with van der Waals surface area (Å²) in [6.07, 6.45) is -7.47. The number of ether oxygens (including phenoxy) is 8. The van der Waals surface area contributed by atoms with E-state index < -0.39 is 249 Å². The molecule has 24 atom stereocenters. The smallest absolute Gasteiger partial charge is 0.330 e. The van der Waals surface area contributed by atoms with Crippen molar-refractivity contribution in [3.63, 3.8) is 0 Å². The number of hydrogen-bond donors (Lipinski definition) is 9. The molecule has 0 aliphatic carbocycles. The predicted molar refractivity (Wildman–Crippen MR) is 397 cm³/mol. The van der Waals surface area contributed by atoms with Crippen LogP contribution in [0, 0.1) is 13.8 Å². The summed E-state index contributed by atoms with van der Waals surface area (Å²) in [6.45, 7) is -2.97. The van der Waals surface area contributed by atoms with Gasteiger partial charge in [-0.3, -0.25) is 102 Å². The Balaban J connectivity index is 0.000000246. The molecule has 0 radical (unpaired) electrons. The van der Waals surface area contributed by atoms with Gasteiger partial charge < -0.3 is 146 Å². The molecule has 0 bridgehead atoms. The third-order valence-electron chi connectivity index (χ3n) is 15.9. The lowest BCUT2D eigenvalue weighted by molar-refractivity contribution is -0.254. The fourth-order valence-corrected chi connectivity index (χ4v) is 22.6. The van der Waals surface area contributed by atoms with Crippen molar-refractivity contribution in [3.05, 3.63) is 136 Å². The van der Waals surface area contributed by atoms with E-state index in [1.807, 2.05) is 9.97 Å². The van der Waals surface area contributed by atoms with Gasteiger partial charge in [-0.1, -0.05) is 20.5 Å². The van der Waals surface area contributed by atoms with Crippen LogP contribution >= 0.6 is 93.9 Å². The van der Waals surface area contributed by atoms with Crippen LogP contribution in [-0.2, 0) is 145 Å². The summed E-state index contributed by atoms with van der Waals surface area (Å²) in [5.74, 6) is -0.130. The summed E-state index contributed by atoms with van der Waals surface area (Å²) in [5.41, 5.74) is 41.9. The van der Waals surface area contributed by atoms with Crippen LogP contribution in [0.5, 0.6) is 0 Å². The number of fused-ring (bicyclic) bond motifs is 2. The van der Waals surface area contributed by atoms with E-state index in [1.165, 1.54) is 54.4 Å². The Labute approximate surface area is 741 Å². The number of phosphoric acid groups is 12. The largest absolute Gasteiger partial charge is 0.756 e. The summed E-state index contributed by atoms with van der Waals surface area (Å²) in [7, 11) is -71.0. The maximum absolute atomic E-state index is 12.1. The highest BCUT2D eigenvalue weighted by atomic mass is 31.3. The van der Waals surface area contributed by atoms with Crippen molar-refractivity contribution < 1.29 is 224 Å². The minimum atomic E-state index is -6.09. The third kappa shape index (κ3) is 37.5. The van der Waals surface area contributed by atoms with E-state index in [9.17, 15) is 137 Å². The molecule has 135 heavy (non-hydrogen) atoms. The number of rotatable bonds is 44. The number of nitrogens with one attached hydrogen (secondary N) is 3. The maximum atomic E-state index is 12.1. The Morgan fingerprint density at radius 2 is 0.674 bits per heavy atom. The molecule has 10 heterocycles. The lowest BCUT2D eigenvalue weighted by Gasteiger charge is -2.33. The van der Waals surface area contributed by atoms with Crippen LogP contribution in [0.3, 0.4) is 0 Å². The minimum absolute atomic E-state index is 0.0138.